The van der Waals surface area contributed by atoms with Crippen LogP contribution in [0.3, 0.4) is 0 Å². The topological polar surface area (TPSA) is 80.9 Å². The average Bonchev–Trinajstić information content (AvgIpc) is 3.22. The molecule has 6 nitrogen and oxygen atoms in total. The molecule has 3 aromatic rings. The molecular formula is C17H22FIN6. The maximum atomic E-state index is 13.2. The number of benzene rings is 1. The van der Waals surface area contributed by atoms with Crippen molar-refractivity contribution >= 4 is 40.8 Å². The van der Waals surface area contributed by atoms with Gasteiger partial charge in [-0.1, -0.05) is 0 Å². The third kappa shape index (κ3) is 5.18. The van der Waals surface area contributed by atoms with Crippen molar-refractivity contribution < 1.29 is 4.39 Å². The monoisotopic (exact) mass is 456 g/mol. The van der Waals surface area contributed by atoms with E-state index in [1.807, 2.05) is 25.3 Å². The highest BCUT2D eigenvalue weighted by Gasteiger charge is 2.05. The van der Waals surface area contributed by atoms with Crippen LogP contribution in [0.2, 0.25) is 0 Å². The molecule has 0 bridgehead atoms. The fourth-order valence-corrected chi connectivity index (χ4v) is 2.56. The normalized spacial score (nSPS) is 11.4. The van der Waals surface area contributed by atoms with Crippen molar-refractivity contribution in [3.05, 3.63) is 53.7 Å². The number of guanidine groups is 1. The van der Waals surface area contributed by atoms with E-state index in [0.29, 0.717) is 6.54 Å². The summed E-state index contributed by atoms with van der Waals surface area (Å²) in [4.78, 5) is 7.63. The number of nitrogens with zero attached hydrogens (tertiary/aromatic N) is 2. The number of fused-ring (bicyclic) bond motifs is 1. The Morgan fingerprint density at radius 3 is 2.92 bits per heavy atom. The maximum absolute atomic E-state index is 13.2. The molecule has 0 atom stereocenters. The molecule has 0 aliphatic heterocycles. The third-order valence-electron chi connectivity index (χ3n) is 3.73. The molecule has 0 aliphatic carbocycles. The fraction of sp³-hybridized carbons (Fsp3) is 0.294. The third-order valence-corrected chi connectivity index (χ3v) is 3.73. The Hall–Kier alpha value is -2.10. The van der Waals surface area contributed by atoms with Gasteiger partial charge in [-0.05, 0) is 43.2 Å². The minimum atomic E-state index is -0.227. The van der Waals surface area contributed by atoms with Crippen LogP contribution in [-0.2, 0) is 13.0 Å². The highest BCUT2D eigenvalue weighted by Crippen LogP contribution is 2.19. The van der Waals surface area contributed by atoms with Crippen molar-refractivity contribution in [1.29, 1.82) is 0 Å². The number of aromatic nitrogens is 3. The van der Waals surface area contributed by atoms with Crippen LogP contribution in [0.5, 0.6) is 0 Å². The molecule has 0 aliphatic rings. The van der Waals surface area contributed by atoms with Crippen molar-refractivity contribution in [3.63, 3.8) is 0 Å². The van der Waals surface area contributed by atoms with Gasteiger partial charge < -0.3 is 15.6 Å². The SMILES string of the molecule is CCNC(=NCc1ccn[nH]1)NCCc1c[nH]c2cc(F)ccc12.I. The molecule has 0 unspecified atom stereocenters. The van der Waals surface area contributed by atoms with E-state index in [0.717, 1.165) is 47.6 Å². The van der Waals surface area contributed by atoms with E-state index in [2.05, 4.69) is 30.8 Å². The van der Waals surface area contributed by atoms with Gasteiger partial charge in [0.15, 0.2) is 5.96 Å². The van der Waals surface area contributed by atoms with Crippen LogP contribution in [0, 0.1) is 5.82 Å². The Balaban J connectivity index is 0.00000225. The minimum absolute atomic E-state index is 0. The molecule has 134 valence electrons. The van der Waals surface area contributed by atoms with Crippen LogP contribution in [0.25, 0.3) is 10.9 Å². The van der Waals surface area contributed by atoms with Crippen LogP contribution in [0.1, 0.15) is 18.2 Å². The van der Waals surface area contributed by atoms with Gasteiger partial charge in [-0.25, -0.2) is 9.38 Å². The molecule has 0 spiro atoms. The fourth-order valence-electron chi connectivity index (χ4n) is 2.56. The largest absolute Gasteiger partial charge is 0.361 e. The van der Waals surface area contributed by atoms with Gasteiger partial charge in [0, 0.05) is 36.4 Å². The maximum Gasteiger partial charge on any atom is 0.191 e. The number of nitrogens with one attached hydrogen (secondary N) is 4. The first-order chi connectivity index (χ1) is 11.8. The molecule has 3 rings (SSSR count). The molecular weight excluding hydrogens is 434 g/mol. The van der Waals surface area contributed by atoms with Crippen LogP contribution in [-0.4, -0.2) is 34.2 Å². The van der Waals surface area contributed by atoms with E-state index in [-0.39, 0.29) is 29.8 Å². The summed E-state index contributed by atoms with van der Waals surface area (Å²) in [6.45, 7) is 4.10. The Bertz CT molecular complexity index is 812. The van der Waals surface area contributed by atoms with E-state index in [9.17, 15) is 4.39 Å². The summed E-state index contributed by atoms with van der Waals surface area (Å²) < 4.78 is 13.2. The minimum Gasteiger partial charge on any atom is -0.361 e. The Labute approximate surface area is 162 Å². The first kappa shape index (κ1) is 19.2. The molecule has 0 saturated carbocycles. The van der Waals surface area contributed by atoms with Gasteiger partial charge in [-0.2, -0.15) is 5.10 Å². The molecule has 0 saturated heterocycles. The number of aromatic amines is 2. The predicted molar refractivity (Wildman–Crippen MR) is 109 cm³/mol. The van der Waals surface area contributed by atoms with E-state index < -0.39 is 0 Å². The molecule has 25 heavy (non-hydrogen) atoms. The molecule has 0 amide bonds. The van der Waals surface area contributed by atoms with Gasteiger partial charge >= 0.3 is 0 Å². The standard InChI is InChI=1S/C17H21FN6.HI/c1-2-19-17(22-11-14-6-8-23-24-14)20-7-5-12-10-21-16-9-13(18)3-4-15(12)16;/h3-4,6,8-10,21H,2,5,7,11H2,1H3,(H,23,24)(H2,19,20,22);1H. The van der Waals surface area contributed by atoms with Crippen LogP contribution in [0.4, 0.5) is 4.39 Å². The van der Waals surface area contributed by atoms with Gasteiger partial charge in [0.05, 0.1) is 12.2 Å². The van der Waals surface area contributed by atoms with E-state index in [1.54, 1.807) is 6.20 Å². The molecule has 0 fully saturated rings. The Morgan fingerprint density at radius 2 is 2.16 bits per heavy atom. The van der Waals surface area contributed by atoms with Crippen molar-refractivity contribution in [2.24, 2.45) is 4.99 Å². The summed E-state index contributed by atoms with van der Waals surface area (Å²) in [6.07, 6.45) is 4.46. The lowest BCUT2D eigenvalue weighted by Crippen LogP contribution is -2.38. The zero-order chi connectivity index (χ0) is 16.8. The van der Waals surface area contributed by atoms with Crippen molar-refractivity contribution in [2.75, 3.05) is 13.1 Å². The number of H-pyrrole nitrogens is 2. The summed E-state index contributed by atoms with van der Waals surface area (Å²) in [5.74, 6) is 0.535. The van der Waals surface area contributed by atoms with Crippen molar-refractivity contribution in [3.8, 4) is 0 Å². The smallest absolute Gasteiger partial charge is 0.191 e. The summed E-state index contributed by atoms with van der Waals surface area (Å²) in [7, 11) is 0. The van der Waals surface area contributed by atoms with Crippen LogP contribution < -0.4 is 10.6 Å². The molecule has 0 radical (unpaired) electrons. The molecule has 4 N–H and O–H groups in total. The van der Waals surface area contributed by atoms with E-state index in [1.165, 1.54) is 12.1 Å². The quantitative estimate of drug-likeness (QED) is 0.262. The van der Waals surface area contributed by atoms with Crippen LogP contribution >= 0.6 is 24.0 Å². The zero-order valence-corrected chi connectivity index (χ0v) is 16.3. The Kier molecular flexibility index (Phi) is 7.23. The predicted octanol–water partition coefficient (Wildman–Crippen LogP) is 2.95. The van der Waals surface area contributed by atoms with Gasteiger partial charge in [0.2, 0.25) is 0 Å². The molecule has 2 aromatic heterocycles. The zero-order valence-electron chi connectivity index (χ0n) is 14.0. The second-order valence-corrected chi connectivity index (χ2v) is 5.46. The first-order valence-corrected chi connectivity index (χ1v) is 8.02. The number of halogens is 2. The highest BCUT2D eigenvalue weighted by molar-refractivity contribution is 14.0. The van der Waals surface area contributed by atoms with Crippen LogP contribution in [0.15, 0.2) is 41.7 Å². The second kappa shape index (κ2) is 9.40. The van der Waals surface area contributed by atoms with Crippen molar-refractivity contribution in [2.45, 2.75) is 19.9 Å². The van der Waals surface area contributed by atoms with Gasteiger partial charge in [-0.15, -0.1) is 24.0 Å². The number of hydrogen-bond acceptors (Lipinski definition) is 2. The van der Waals surface area contributed by atoms with E-state index in [4.69, 9.17) is 0 Å². The van der Waals surface area contributed by atoms with Gasteiger partial charge in [0.1, 0.15) is 5.82 Å². The van der Waals surface area contributed by atoms with Crippen molar-refractivity contribution in [1.82, 2.24) is 25.8 Å². The molecule has 2 heterocycles. The highest BCUT2D eigenvalue weighted by atomic mass is 127. The summed E-state index contributed by atoms with van der Waals surface area (Å²) >= 11 is 0. The van der Waals surface area contributed by atoms with E-state index >= 15 is 0 Å². The summed E-state index contributed by atoms with van der Waals surface area (Å²) in [6, 6.07) is 6.72. The number of aliphatic imine (C=N–C) groups is 1. The Morgan fingerprint density at radius 1 is 1.28 bits per heavy atom. The lowest BCUT2D eigenvalue weighted by Gasteiger charge is -2.10. The number of rotatable bonds is 6. The summed E-state index contributed by atoms with van der Waals surface area (Å²) in [5, 5.41) is 14.4. The molecule has 1 aromatic carbocycles. The lowest BCUT2D eigenvalue weighted by molar-refractivity contribution is 0.629. The second-order valence-electron chi connectivity index (χ2n) is 5.46. The van der Waals surface area contributed by atoms with Gasteiger partial charge in [-0.3, -0.25) is 5.10 Å². The first-order valence-electron chi connectivity index (χ1n) is 8.02. The molecule has 8 heteroatoms. The lowest BCUT2D eigenvalue weighted by atomic mass is 10.1. The number of hydrogen-bond donors (Lipinski definition) is 4. The van der Waals surface area contributed by atoms with Gasteiger partial charge in [0.25, 0.3) is 0 Å². The average molecular weight is 456 g/mol. The summed E-state index contributed by atoms with van der Waals surface area (Å²) in [5.41, 5.74) is 2.94.